The fraction of sp³-hybridized carbons (Fsp3) is 0.875. The van der Waals surface area contributed by atoms with Gasteiger partial charge in [-0.15, -0.1) is 0 Å². The summed E-state index contributed by atoms with van der Waals surface area (Å²) in [5.41, 5.74) is 5.49. The number of carbonyl (C=O) groups is 2. The second-order valence-corrected chi connectivity index (χ2v) is 6.04. The smallest absolute Gasteiger partial charge is 0.305 e. The van der Waals surface area contributed by atoms with Gasteiger partial charge in [0.1, 0.15) is 0 Å². The van der Waals surface area contributed by atoms with E-state index < -0.39 is 0 Å². The SMILES string of the molecule is COC(=O)CCCCCN[C@@H](CC1CCCCC1)C(N)=O. The number of hydrogen-bond donors (Lipinski definition) is 2. The molecular formula is C16H30N2O3. The molecule has 1 atom stereocenters. The Hall–Kier alpha value is -1.10. The van der Waals surface area contributed by atoms with Crippen molar-refractivity contribution in [3.63, 3.8) is 0 Å². The van der Waals surface area contributed by atoms with Crippen molar-refractivity contribution in [3.05, 3.63) is 0 Å². The zero-order valence-corrected chi connectivity index (χ0v) is 13.2. The van der Waals surface area contributed by atoms with E-state index >= 15 is 0 Å². The first-order valence-electron chi connectivity index (χ1n) is 8.23. The molecule has 5 nitrogen and oxygen atoms in total. The van der Waals surface area contributed by atoms with Crippen LogP contribution in [0.15, 0.2) is 0 Å². The number of carbonyl (C=O) groups excluding carboxylic acids is 2. The molecule has 21 heavy (non-hydrogen) atoms. The Labute approximate surface area is 128 Å². The minimum absolute atomic E-state index is 0.157. The second-order valence-electron chi connectivity index (χ2n) is 6.04. The number of rotatable bonds is 10. The molecule has 0 aliphatic heterocycles. The van der Waals surface area contributed by atoms with Gasteiger partial charge >= 0.3 is 5.97 Å². The highest BCUT2D eigenvalue weighted by Crippen LogP contribution is 2.27. The number of unbranched alkanes of at least 4 members (excludes halogenated alkanes) is 2. The molecule has 0 radical (unpaired) electrons. The standard InChI is InChI=1S/C16H30N2O3/c1-21-15(19)10-6-3-7-11-18-14(16(17)20)12-13-8-4-2-5-9-13/h13-14,18H,2-12H2,1H3,(H2,17,20)/t14-/m0/s1. The van der Waals surface area contributed by atoms with Crippen LogP contribution in [0.4, 0.5) is 0 Å². The van der Waals surface area contributed by atoms with Crippen molar-refractivity contribution >= 4 is 11.9 Å². The highest BCUT2D eigenvalue weighted by molar-refractivity contribution is 5.79. The first-order chi connectivity index (χ1) is 10.1. The Morgan fingerprint density at radius 3 is 2.52 bits per heavy atom. The molecule has 1 aliphatic rings. The van der Waals surface area contributed by atoms with Crippen molar-refractivity contribution in [2.24, 2.45) is 11.7 Å². The minimum Gasteiger partial charge on any atom is -0.469 e. The van der Waals surface area contributed by atoms with Crippen molar-refractivity contribution in [2.75, 3.05) is 13.7 Å². The predicted octanol–water partition coefficient (Wildman–Crippen LogP) is 2.13. The lowest BCUT2D eigenvalue weighted by atomic mass is 9.84. The summed E-state index contributed by atoms with van der Waals surface area (Å²) in [6, 6.07) is -0.200. The van der Waals surface area contributed by atoms with E-state index in [1.165, 1.54) is 39.2 Å². The van der Waals surface area contributed by atoms with Crippen LogP contribution in [0.1, 0.15) is 64.2 Å². The van der Waals surface area contributed by atoms with Gasteiger partial charge < -0.3 is 15.8 Å². The third kappa shape index (κ3) is 8.05. The lowest BCUT2D eigenvalue weighted by Crippen LogP contribution is -2.43. The number of hydrogen-bond acceptors (Lipinski definition) is 4. The van der Waals surface area contributed by atoms with E-state index in [1.54, 1.807) is 0 Å². The van der Waals surface area contributed by atoms with Crippen LogP contribution in [-0.2, 0) is 14.3 Å². The lowest BCUT2D eigenvalue weighted by molar-refractivity contribution is -0.140. The molecule has 0 aromatic carbocycles. The number of ether oxygens (including phenoxy) is 1. The van der Waals surface area contributed by atoms with Crippen LogP contribution < -0.4 is 11.1 Å². The van der Waals surface area contributed by atoms with Gasteiger partial charge in [0.15, 0.2) is 0 Å². The lowest BCUT2D eigenvalue weighted by Gasteiger charge is -2.25. The number of amides is 1. The normalized spacial score (nSPS) is 17.4. The Kier molecular flexibility index (Phi) is 9.06. The highest BCUT2D eigenvalue weighted by Gasteiger charge is 2.21. The van der Waals surface area contributed by atoms with Gasteiger partial charge in [0.05, 0.1) is 13.2 Å². The van der Waals surface area contributed by atoms with E-state index in [-0.39, 0.29) is 17.9 Å². The van der Waals surface area contributed by atoms with E-state index in [9.17, 15) is 9.59 Å². The zero-order chi connectivity index (χ0) is 15.5. The highest BCUT2D eigenvalue weighted by atomic mass is 16.5. The summed E-state index contributed by atoms with van der Waals surface area (Å²) >= 11 is 0. The van der Waals surface area contributed by atoms with Gasteiger partial charge in [-0.3, -0.25) is 9.59 Å². The Morgan fingerprint density at radius 1 is 1.19 bits per heavy atom. The molecule has 1 saturated carbocycles. The quantitative estimate of drug-likeness (QED) is 0.478. The van der Waals surface area contributed by atoms with Crippen LogP contribution in [0.2, 0.25) is 0 Å². The predicted molar refractivity (Wildman–Crippen MR) is 82.7 cm³/mol. The van der Waals surface area contributed by atoms with Crippen molar-refractivity contribution in [2.45, 2.75) is 70.3 Å². The second kappa shape index (κ2) is 10.6. The van der Waals surface area contributed by atoms with E-state index in [0.717, 1.165) is 32.2 Å². The van der Waals surface area contributed by atoms with E-state index in [1.807, 2.05) is 0 Å². The van der Waals surface area contributed by atoms with Crippen LogP contribution in [0.3, 0.4) is 0 Å². The minimum atomic E-state index is -0.241. The van der Waals surface area contributed by atoms with Gasteiger partial charge in [-0.25, -0.2) is 0 Å². The van der Waals surface area contributed by atoms with Crippen molar-refractivity contribution < 1.29 is 14.3 Å². The molecule has 0 aromatic rings. The number of esters is 1. The van der Waals surface area contributed by atoms with Crippen LogP contribution in [-0.4, -0.2) is 31.6 Å². The molecule has 0 unspecified atom stereocenters. The van der Waals surface area contributed by atoms with Crippen molar-refractivity contribution in [1.29, 1.82) is 0 Å². The average molecular weight is 298 g/mol. The van der Waals surface area contributed by atoms with Crippen LogP contribution in [0, 0.1) is 5.92 Å². The number of nitrogens with two attached hydrogens (primary N) is 1. The van der Waals surface area contributed by atoms with E-state index in [0.29, 0.717) is 12.3 Å². The summed E-state index contributed by atoms with van der Waals surface area (Å²) in [6.07, 6.45) is 10.4. The summed E-state index contributed by atoms with van der Waals surface area (Å²) in [6.45, 7) is 0.779. The number of primary amides is 1. The Bertz CT molecular complexity index is 315. The maximum Gasteiger partial charge on any atom is 0.305 e. The van der Waals surface area contributed by atoms with Gasteiger partial charge in [-0.2, -0.15) is 0 Å². The Balaban J connectivity index is 2.13. The number of methoxy groups -OCH3 is 1. The van der Waals surface area contributed by atoms with E-state index in [2.05, 4.69) is 10.1 Å². The fourth-order valence-electron chi connectivity index (χ4n) is 3.01. The summed E-state index contributed by atoms with van der Waals surface area (Å²) < 4.78 is 4.60. The summed E-state index contributed by atoms with van der Waals surface area (Å²) in [4.78, 5) is 22.5. The molecule has 0 aromatic heterocycles. The molecule has 1 aliphatic carbocycles. The van der Waals surface area contributed by atoms with Crippen LogP contribution in [0.25, 0.3) is 0 Å². The third-order valence-electron chi connectivity index (χ3n) is 4.31. The van der Waals surface area contributed by atoms with Gasteiger partial charge in [0.25, 0.3) is 0 Å². The van der Waals surface area contributed by atoms with E-state index in [4.69, 9.17) is 5.73 Å². The summed E-state index contributed by atoms with van der Waals surface area (Å²) in [7, 11) is 1.41. The molecule has 0 saturated heterocycles. The van der Waals surface area contributed by atoms with Gasteiger partial charge in [0, 0.05) is 6.42 Å². The maximum atomic E-state index is 11.5. The maximum absolute atomic E-state index is 11.5. The van der Waals surface area contributed by atoms with Crippen LogP contribution in [0.5, 0.6) is 0 Å². The van der Waals surface area contributed by atoms with Crippen molar-refractivity contribution in [3.8, 4) is 0 Å². The summed E-state index contributed by atoms with van der Waals surface area (Å²) in [5.74, 6) is 0.244. The van der Waals surface area contributed by atoms with Gasteiger partial charge in [-0.1, -0.05) is 38.5 Å². The summed E-state index contributed by atoms with van der Waals surface area (Å²) in [5, 5.41) is 3.28. The third-order valence-corrected chi connectivity index (χ3v) is 4.31. The molecule has 3 N–H and O–H groups in total. The first kappa shape index (κ1) is 18.0. The van der Waals surface area contributed by atoms with Gasteiger partial charge in [0.2, 0.25) is 5.91 Å². The molecule has 1 rings (SSSR count). The molecule has 0 bridgehead atoms. The molecule has 0 spiro atoms. The van der Waals surface area contributed by atoms with Crippen molar-refractivity contribution in [1.82, 2.24) is 5.32 Å². The fourth-order valence-corrected chi connectivity index (χ4v) is 3.01. The topological polar surface area (TPSA) is 81.4 Å². The molecule has 1 fully saturated rings. The Morgan fingerprint density at radius 2 is 1.90 bits per heavy atom. The first-order valence-corrected chi connectivity index (χ1v) is 8.23. The molecule has 122 valence electrons. The molecule has 1 amide bonds. The molecular weight excluding hydrogens is 268 g/mol. The monoisotopic (exact) mass is 298 g/mol. The molecule has 0 heterocycles. The average Bonchev–Trinajstić information content (AvgIpc) is 2.49. The largest absolute Gasteiger partial charge is 0.469 e. The molecule has 5 heteroatoms. The number of nitrogens with one attached hydrogen (secondary N) is 1. The van der Waals surface area contributed by atoms with Crippen LogP contribution >= 0.6 is 0 Å². The zero-order valence-electron chi connectivity index (χ0n) is 13.2. The van der Waals surface area contributed by atoms with Gasteiger partial charge in [-0.05, 0) is 31.7 Å².